The lowest BCUT2D eigenvalue weighted by atomic mass is 10.2. The number of carbonyl (C=O) groups excluding carboxylic acids is 1. The van der Waals surface area contributed by atoms with Gasteiger partial charge in [-0.2, -0.15) is 5.10 Å². The van der Waals surface area contributed by atoms with Crippen LogP contribution in [0, 0.1) is 0 Å². The zero-order valence-corrected chi connectivity index (χ0v) is 16.7. The SMILES string of the molecule is Cn1c(SCC(=O)N/N=C\c2ccc(O)cc2)nnc1-c1ccc(Br)cc1. The number of rotatable bonds is 6. The topological polar surface area (TPSA) is 92.4 Å². The Labute approximate surface area is 168 Å². The third kappa shape index (κ3) is 5.18. The van der Waals surface area contributed by atoms with E-state index in [1.54, 1.807) is 24.3 Å². The minimum atomic E-state index is -0.247. The Morgan fingerprint density at radius 1 is 1.22 bits per heavy atom. The molecular formula is C18H16BrN5O2S. The average molecular weight is 446 g/mol. The van der Waals surface area contributed by atoms with Crippen molar-refractivity contribution in [1.82, 2.24) is 20.2 Å². The van der Waals surface area contributed by atoms with Crippen LogP contribution in [0.25, 0.3) is 11.4 Å². The molecule has 7 nitrogen and oxygen atoms in total. The zero-order chi connectivity index (χ0) is 19.2. The maximum absolute atomic E-state index is 11.9. The highest BCUT2D eigenvalue weighted by molar-refractivity contribution is 9.10. The van der Waals surface area contributed by atoms with Crippen molar-refractivity contribution in [3.05, 3.63) is 58.6 Å². The summed E-state index contributed by atoms with van der Waals surface area (Å²) >= 11 is 4.69. The molecule has 9 heteroatoms. The molecule has 0 bridgehead atoms. The maximum atomic E-state index is 11.9. The fourth-order valence-electron chi connectivity index (χ4n) is 2.19. The number of thioether (sulfide) groups is 1. The third-order valence-corrected chi connectivity index (χ3v) is 5.11. The van der Waals surface area contributed by atoms with E-state index in [9.17, 15) is 9.90 Å². The molecule has 1 aromatic heterocycles. The van der Waals surface area contributed by atoms with Gasteiger partial charge in [0.25, 0.3) is 5.91 Å². The second-order valence-corrected chi connectivity index (χ2v) is 7.40. The van der Waals surface area contributed by atoms with Crippen molar-refractivity contribution in [3.8, 4) is 17.1 Å². The molecule has 0 aliphatic rings. The molecule has 0 atom stereocenters. The number of amides is 1. The van der Waals surface area contributed by atoms with Gasteiger partial charge in [0.15, 0.2) is 11.0 Å². The highest BCUT2D eigenvalue weighted by atomic mass is 79.9. The van der Waals surface area contributed by atoms with E-state index in [2.05, 4.69) is 36.7 Å². The van der Waals surface area contributed by atoms with Gasteiger partial charge in [-0.3, -0.25) is 4.79 Å². The molecule has 138 valence electrons. The van der Waals surface area contributed by atoms with E-state index in [1.165, 1.54) is 18.0 Å². The molecular weight excluding hydrogens is 430 g/mol. The van der Waals surface area contributed by atoms with Gasteiger partial charge < -0.3 is 9.67 Å². The first-order chi connectivity index (χ1) is 13.0. The van der Waals surface area contributed by atoms with Crippen molar-refractivity contribution in [2.24, 2.45) is 12.1 Å². The molecule has 0 aliphatic carbocycles. The van der Waals surface area contributed by atoms with Crippen LogP contribution in [0.1, 0.15) is 5.56 Å². The summed E-state index contributed by atoms with van der Waals surface area (Å²) in [6.07, 6.45) is 1.51. The van der Waals surface area contributed by atoms with Crippen LogP contribution in [0.15, 0.2) is 63.3 Å². The molecule has 0 saturated heterocycles. The Kier molecular flexibility index (Phi) is 6.25. The van der Waals surface area contributed by atoms with Gasteiger partial charge in [0.05, 0.1) is 12.0 Å². The highest BCUT2D eigenvalue weighted by Gasteiger charge is 2.12. The van der Waals surface area contributed by atoms with Crippen LogP contribution in [-0.4, -0.2) is 37.7 Å². The van der Waals surface area contributed by atoms with Crippen molar-refractivity contribution >= 4 is 39.8 Å². The molecule has 2 aromatic carbocycles. The number of carbonyl (C=O) groups is 1. The average Bonchev–Trinajstić information content (AvgIpc) is 3.03. The molecule has 1 heterocycles. The number of hydrogen-bond donors (Lipinski definition) is 2. The fraction of sp³-hybridized carbons (Fsp3) is 0.111. The van der Waals surface area contributed by atoms with Crippen LogP contribution in [0.3, 0.4) is 0 Å². The molecule has 0 aliphatic heterocycles. The van der Waals surface area contributed by atoms with Gasteiger partial charge in [0.2, 0.25) is 0 Å². The van der Waals surface area contributed by atoms with Gasteiger partial charge in [-0.1, -0.05) is 39.8 Å². The van der Waals surface area contributed by atoms with Crippen LogP contribution >= 0.6 is 27.7 Å². The number of benzene rings is 2. The summed E-state index contributed by atoms with van der Waals surface area (Å²) in [6.45, 7) is 0. The predicted molar refractivity (Wildman–Crippen MR) is 109 cm³/mol. The van der Waals surface area contributed by atoms with E-state index in [0.29, 0.717) is 5.16 Å². The molecule has 0 saturated carbocycles. The number of nitrogens with one attached hydrogen (secondary N) is 1. The minimum Gasteiger partial charge on any atom is -0.508 e. The van der Waals surface area contributed by atoms with Crippen molar-refractivity contribution in [2.45, 2.75) is 5.16 Å². The molecule has 1 amide bonds. The Morgan fingerprint density at radius 2 is 1.93 bits per heavy atom. The normalized spacial score (nSPS) is 11.0. The van der Waals surface area contributed by atoms with Crippen LogP contribution < -0.4 is 5.43 Å². The lowest BCUT2D eigenvalue weighted by Gasteiger charge is -2.04. The van der Waals surface area contributed by atoms with Gasteiger partial charge in [0.1, 0.15) is 5.75 Å². The Morgan fingerprint density at radius 3 is 2.63 bits per heavy atom. The van der Waals surface area contributed by atoms with E-state index < -0.39 is 0 Å². The molecule has 0 fully saturated rings. The number of halogens is 1. The number of phenols is 1. The first-order valence-corrected chi connectivity index (χ1v) is 9.70. The standard InChI is InChI=1S/C18H16BrN5O2S/c1-24-17(13-4-6-14(19)7-5-13)22-23-18(24)27-11-16(26)21-20-10-12-2-8-15(25)9-3-12/h2-10,25H,11H2,1H3,(H,21,26)/b20-10-. The minimum absolute atomic E-state index is 0.166. The van der Waals surface area contributed by atoms with Gasteiger partial charge in [-0.25, -0.2) is 5.43 Å². The molecule has 0 unspecified atom stereocenters. The second-order valence-electron chi connectivity index (χ2n) is 5.55. The summed E-state index contributed by atoms with van der Waals surface area (Å²) in [5.41, 5.74) is 4.18. The van der Waals surface area contributed by atoms with Crippen LogP contribution in [0.4, 0.5) is 0 Å². The molecule has 0 radical (unpaired) electrons. The van der Waals surface area contributed by atoms with E-state index in [1.807, 2.05) is 35.9 Å². The smallest absolute Gasteiger partial charge is 0.250 e. The lowest BCUT2D eigenvalue weighted by molar-refractivity contribution is -0.118. The fourth-order valence-corrected chi connectivity index (χ4v) is 3.16. The number of aromatic hydroxyl groups is 1. The maximum Gasteiger partial charge on any atom is 0.250 e. The summed E-state index contributed by atoms with van der Waals surface area (Å²) in [4.78, 5) is 11.9. The first kappa shape index (κ1) is 19.1. The van der Waals surface area contributed by atoms with E-state index in [0.717, 1.165) is 21.4 Å². The molecule has 3 rings (SSSR count). The van der Waals surface area contributed by atoms with Crippen molar-refractivity contribution in [3.63, 3.8) is 0 Å². The highest BCUT2D eigenvalue weighted by Crippen LogP contribution is 2.23. The molecule has 0 spiro atoms. The largest absolute Gasteiger partial charge is 0.508 e. The Balaban J connectivity index is 1.54. The number of hydrazone groups is 1. The molecule has 27 heavy (non-hydrogen) atoms. The predicted octanol–water partition coefficient (Wildman–Crippen LogP) is 3.19. The van der Waals surface area contributed by atoms with E-state index in [-0.39, 0.29) is 17.4 Å². The Hall–Kier alpha value is -2.65. The summed E-state index contributed by atoms with van der Waals surface area (Å²) in [5, 5.41) is 22.1. The molecule has 3 aromatic rings. The number of hydrogen-bond acceptors (Lipinski definition) is 6. The second kappa shape index (κ2) is 8.83. The summed E-state index contributed by atoms with van der Waals surface area (Å²) < 4.78 is 2.84. The van der Waals surface area contributed by atoms with Crippen LogP contribution in [-0.2, 0) is 11.8 Å². The van der Waals surface area contributed by atoms with Gasteiger partial charge >= 0.3 is 0 Å². The summed E-state index contributed by atoms with van der Waals surface area (Å²) in [5.74, 6) is 0.830. The molecule has 2 N–H and O–H groups in total. The quantitative estimate of drug-likeness (QED) is 0.345. The van der Waals surface area contributed by atoms with E-state index in [4.69, 9.17) is 0 Å². The summed E-state index contributed by atoms with van der Waals surface area (Å²) in [6, 6.07) is 14.3. The van der Waals surface area contributed by atoms with Crippen molar-refractivity contribution < 1.29 is 9.90 Å². The monoisotopic (exact) mass is 445 g/mol. The van der Waals surface area contributed by atoms with Gasteiger partial charge in [-0.05, 0) is 42.0 Å². The third-order valence-electron chi connectivity index (χ3n) is 3.57. The van der Waals surface area contributed by atoms with E-state index >= 15 is 0 Å². The summed E-state index contributed by atoms with van der Waals surface area (Å²) in [7, 11) is 1.86. The number of nitrogens with zero attached hydrogens (tertiary/aromatic N) is 4. The van der Waals surface area contributed by atoms with Crippen molar-refractivity contribution in [1.29, 1.82) is 0 Å². The van der Waals surface area contributed by atoms with Crippen LogP contribution in [0.5, 0.6) is 5.75 Å². The van der Waals surface area contributed by atoms with Crippen LogP contribution in [0.2, 0.25) is 0 Å². The number of aromatic nitrogens is 3. The Bertz CT molecular complexity index is 955. The lowest BCUT2D eigenvalue weighted by Crippen LogP contribution is -2.19. The number of phenolic OH excluding ortho intramolecular Hbond substituents is 1. The zero-order valence-electron chi connectivity index (χ0n) is 14.3. The van der Waals surface area contributed by atoms with Crippen molar-refractivity contribution in [2.75, 3.05) is 5.75 Å². The first-order valence-electron chi connectivity index (χ1n) is 7.92. The van der Waals surface area contributed by atoms with Gasteiger partial charge in [-0.15, -0.1) is 10.2 Å². The van der Waals surface area contributed by atoms with Gasteiger partial charge in [0, 0.05) is 17.1 Å².